The minimum atomic E-state index is -4.47. The quantitative estimate of drug-likeness (QED) is 0.926. The van der Waals surface area contributed by atoms with Gasteiger partial charge in [-0.2, -0.15) is 13.2 Å². The van der Waals surface area contributed by atoms with Gasteiger partial charge in [0.15, 0.2) is 5.69 Å². The Kier molecular flexibility index (Phi) is 5.18. The molecule has 1 saturated carbocycles. The maximum Gasteiger partial charge on any atom is 0.435 e. The SMILES string of the molecule is CCS(=O)C1CCCC(Nc2ccc(C(F)(F)F)nn2)C1. The molecule has 1 fully saturated rings. The molecule has 1 aromatic heterocycles. The molecule has 0 aliphatic heterocycles. The highest BCUT2D eigenvalue weighted by molar-refractivity contribution is 7.85. The van der Waals surface area contributed by atoms with Gasteiger partial charge in [0.05, 0.1) is 0 Å². The Labute approximate surface area is 124 Å². The van der Waals surface area contributed by atoms with E-state index in [1.54, 1.807) is 0 Å². The summed E-state index contributed by atoms with van der Waals surface area (Å²) in [5.74, 6) is 0.966. The van der Waals surface area contributed by atoms with Crippen LogP contribution in [0.5, 0.6) is 0 Å². The van der Waals surface area contributed by atoms with E-state index in [1.807, 2.05) is 6.92 Å². The van der Waals surface area contributed by atoms with Crippen molar-refractivity contribution in [2.45, 2.75) is 50.1 Å². The van der Waals surface area contributed by atoms with Gasteiger partial charge in [-0.3, -0.25) is 4.21 Å². The van der Waals surface area contributed by atoms with E-state index >= 15 is 0 Å². The van der Waals surface area contributed by atoms with Crippen LogP contribution in [0.4, 0.5) is 19.0 Å². The van der Waals surface area contributed by atoms with Crippen LogP contribution in [0.1, 0.15) is 38.3 Å². The Bertz CT molecular complexity index is 492. The molecule has 1 aliphatic rings. The van der Waals surface area contributed by atoms with Crippen LogP contribution in [0.3, 0.4) is 0 Å². The fourth-order valence-electron chi connectivity index (χ4n) is 2.52. The second kappa shape index (κ2) is 6.72. The summed E-state index contributed by atoms with van der Waals surface area (Å²) in [5.41, 5.74) is -0.998. The molecule has 0 spiro atoms. The highest BCUT2D eigenvalue weighted by Gasteiger charge is 2.33. The number of anilines is 1. The molecule has 0 saturated heterocycles. The van der Waals surface area contributed by atoms with Crippen LogP contribution in [0, 0.1) is 0 Å². The molecule has 1 aromatic rings. The standard InChI is InChI=1S/C13H18F3N3OS/c1-2-21(20)10-5-3-4-9(8-10)17-12-7-6-11(18-19-12)13(14,15)16/h6-7,9-10H,2-5,8H2,1H3,(H,17,19). The summed E-state index contributed by atoms with van der Waals surface area (Å²) in [4.78, 5) is 0. The van der Waals surface area contributed by atoms with Crippen molar-refractivity contribution in [3.05, 3.63) is 17.8 Å². The molecule has 3 atom stereocenters. The van der Waals surface area contributed by atoms with Crippen molar-refractivity contribution in [3.8, 4) is 0 Å². The normalized spacial score (nSPS) is 24.6. The third kappa shape index (κ3) is 4.39. The highest BCUT2D eigenvalue weighted by atomic mass is 32.2. The zero-order chi connectivity index (χ0) is 15.5. The molecule has 2 rings (SSSR count). The minimum absolute atomic E-state index is 0.0882. The van der Waals surface area contributed by atoms with Gasteiger partial charge in [0.25, 0.3) is 0 Å². The lowest BCUT2D eigenvalue weighted by Crippen LogP contribution is -2.33. The van der Waals surface area contributed by atoms with Gasteiger partial charge in [0.1, 0.15) is 5.82 Å². The van der Waals surface area contributed by atoms with E-state index in [0.717, 1.165) is 31.7 Å². The Morgan fingerprint density at radius 3 is 2.67 bits per heavy atom. The predicted molar refractivity (Wildman–Crippen MR) is 75.4 cm³/mol. The second-order valence-corrected chi connectivity index (χ2v) is 7.11. The lowest BCUT2D eigenvalue weighted by atomic mass is 9.95. The Hall–Kier alpha value is -1.18. The highest BCUT2D eigenvalue weighted by Crippen LogP contribution is 2.28. The lowest BCUT2D eigenvalue weighted by molar-refractivity contribution is -0.141. The summed E-state index contributed by atoms with van der Waals surface area (Å²) < 4.78 is 49.1. The van der Waals surface area contributed by atoms with Gasteiger partial charge in [-0.1, -0.05) is 13.3 Å². The van der Waals surface area contributed by atoms with Crippen LogP contribution in [-0.2, 0) is 17.0 Å². The first kappa shape index (κ1) is 16.2. The van der Waals surface area contributed by atoms with E-state index in [1.165, 1.54) is 6.07 Å². The number of alkyl halides is 3. The van der Waals surface area contributed by atoms with Crippen LogP contribution < -0.4 is 5.32 Å². The van der Waals surface area contributed by atoms with Crippen molar-refractivity contribution in [1.82, 2.24) is 10.2 Å². The number of nitrogens with zero attached hydrogens (tertiary/aromatic N) is 2. The first-order chi connectivity index (χ1) is 9.90. The van der Waals surface area contributed by atoms with E-state index in [2.05, 4.69) is 15.5 Å². The molecule has 1 heterocycles. The molecule has 1 N–H and O–H groups in total. The molecular weight excluding hydrogens is 303 g/mol. The van der Waals surface area contributed by atoms with E-state index < -0.39 is 22.7 Å². The van der Waals surface area contributed by atoms with Gasteiger partial charge in [0, 0.05) is 27.8 Å². The van der Waals surface area contributed by atoms with Gasteiger partial charge in [0.2, 0.25) is 0 Å². The maximum absolute atomic E-state index is 12.4. The summed E-state index contributed by atoms with van der Waals surface area (Å²) >= 11 is 0. The Morgan fingerprint density at radius 2 is 2.10 bits per heavy atom. The first-order valence-electron chi connectivity index (χ1n) is 6.94. The predicted octanol–water partition coefficient (Wildman–Crippen LogP) is 2.99. The summed E-state index contributed by atoms with van der Waals surface area (Å²) in [7, 11) is -0.832. The van der Waals surface area contributed by atoms with E-state index in [-0.39, 0.29) is 11.3 Å². The Balaban J connectivity index is 1.96. The van der Waals surface area contributed by atoms with Crippen LogP contribution in [0.15, 0.2) is 12.1 Å². The number of rotatable bonds is 4. The molecule has 3 unspecified atom stereocenters. The van der Waals surface area contributed by atoms with Crippen molar-refractivity contribution in [2.24, 2.45) is 0 Å². The molecular formula is C13H18F3N3OS. The number of hydrogen-bond acceptors (Lipinski definition) is 4. The average molecular weight is 321 g/mol. The number of hydrogen-bond donors (Lipinski definition) is 1. The molecule has 4 nitrogen and oxygen atoms in total. The van der Waals surface area contributed by atoms with Crippen molar-refractivity contribution in [2.75, 3.05) is 11.1 Å². The molecule has 1 aliphatic carbocycles. The van der Waals surface area contributed by atoms with E-state index in [9.17, 15) is 17.4 Å². The largest absolute Gasteiger partial charge is 0.435 e. The molecule has 0 radical (unpaired) electrons. The zero-order valence-corrected chi connectivity index (χ0v) is 12.5. The monoisotopic (exact) mass is 321 g/mol. The minimum Gasteiger partial charge on any atom is -0.366 e. The molecule has 8 heteroatoms. The number of aromatic nitrogens is 2. The third-order valence-electron chi connectivity index (χ3n) is 3.59. The molecule has 21 heavy (non-hydrogen) atoms. The van der Waals surface area contributed by atoms with Crippen molar-refractivity contribution in [1.29, 1.82) is 0 Å². The summed E-state index contributed by atoms with van der Waals surface area (Å²) in [6.45, 7) is 1.90. The lowest BCUT2D eigenvalue weighted by Gasteiger charge is -2.29. The molecule has 0 amide bonds. The van der Waals surface area contributed by atoms with E-state index in [4.69, 9.17) is 0 Å². The molecule has 0 bridgehead atoms. The topological polar surface area (TPSA) is 54.9 Å². The Morgan fingerprint density at radius 1 is 1.33 bits per heavy atom. The summed E-state index contributed by atoms with van der Waals surface area (Å²) in [6.07, 6.45) is -0.914. The third-order valence-corrected chi connectivity index (χ3v) is 5.33. The average Bonchev–Trinajstić information content (AvgIpc) is 2.46. The van der Waals surface area contributed by atoms with Gasteiger partial charge >= 0.3 is 6.18 Å². The van der Waals surface area contributed by atoms with Crippen LogP contribution in [0.2, 0.25) is 0 Å². The van der Waals surface area contributed by atoms with Crippen LogP contribution >= 0.6 is 0 Å². The van der Waals surface area contributed by atoms with Gasteiger partial charge in [-0.05, 0) is 31.4 Å². The number of nitrogens with one attached hydrogen (secondary N) is 1. The smallest absolute Gasteiger partial charge is 0.366 e. The fourth-order valence-corrected chi connectivity index (χ4v) is 3.87. The van der Waals surface area contributed by atoms with Gasteiger partial charge < -0.3 is 5.32 Å². The maximum atomic E-state index is 12.4. The van der Waals surface area contributed by atoms with Crippen molar-refractivity contribution >= 4 is 16.6 Å². The van der Waals surface area contributed by atoms with Gasteiger partial charge in [-0.15, -0.1) is 10.2 Å². The van der Waals surface area contributed by atoms with Crippen LogP contribution in [0.25, 0.3) is 0 Å². The van der Waals surface area contributed by atoms with Crippen LogP contribution in [-0.4, -0.2) is 31.5 Å². The fraction of sp³-hybridized carbons (Fsp3) is 0.692. The summed E-state index contributed by atoms with van der Waals surface area (Å²) in [5, 5.41) is 10.0. The van der Waals surface area contributed by atoms with Crippen molar-refractivity contribution < 1.29 is 17.4 Å². The molecule has 118 valence electrons. The van der Waals surface area contributed by atoms with Crippen molar-refractivity contribution in [3.63, 3.8) is 0 Å². The van der Waals surface area contributed by atoms with E-state index in [0.29, 0.717) is 11.6 Å². The zero-order valence-electron chi connectivity index (χ0n) is 11.7. The number of halogens is 3. The second-order valence-electron chi connectivity index (χ2n) is 5.10. The molecule has 0 aromatic carbocycles. The first-order valence-corrected chi connectivity index (χ1v) is 8.33. The van der Waals surface area contributed by atoms with Gasteiger partial charge in [-0.25, -0.2) is 0 Å². The summed E-state index contributed by atoms with van der Waals surface area (Å²) in [6, 6.07) is 2.29.